The average Bonchev–Trinajstić information content (AvgIpc) is 3.38. The summed E-state index contributed by atoms with van der Waals surface area (Å²) in [6.45, 7) is 0. The van der Waals surface area contributed by atoms with Gasteiger partial charge in [-0.3, -0.25) is 0 Å². The van der Waals surface area contributed by atoms with Crippen LogP contribution in [0.25, 0.3) is 11.1 Å². The predicted octanol–water partition coefficient (Wildman–Crippen LogP) is -0.759. The second-order valence-electron chi connectivity index (χ2n) is 8.29. The zero-order chi connectivity index (χ0) is 21.5. The van der Waals surface area contributed by atoms with Crippen molar-refractivity contribution in [2.45, 2.75) is 5.92 Å². The summed E-state index contributed by atoms with van der Waals surface area (Å²) < 4.78 is 1.54. The molecule has 4 aromatic rings. The van der Waals surface area contributed by atoms with E-state index in [9.17, 15) is 0 Å². The van der Waals surface area contributed by atoms with Crippen molar-refractivity contribution in [1.82, 2.24) is 0 Å². The van der Waals surface area contributed by atoms with Gasteiger partial charge < -0.3 is 24.8 Å². The van der Waals surface area contributed by atoms with Crippen molar-refractivity contribution < 1.29 is 49.5 Å². The van der Waals surface area contributed by atoms with Gasteiger partial charge in [0.1, 0.15) is 0 Å². The molecule has 2 aliphatic carbocycles. The average molecular weight is 572 g/mol. The third-order valence-electron chi connectivity index (χ3n) is 6.53. The van der Waals surface area contributed by atoms with Crippen LogP contribution in [0.4, 0.5) is 0 Å². The molecule has 0 amide bonds. The molecule has 4 aromatic carbocycles. The third kappa shape index (κ3) is 4.23. The number of halogens is 2. The van der Waals surface area contributed by atoms with Gasteiger partial charge in [0.15, 0.2) is 0 Å². The minimum absolute atomic E-state index is 0. The fourth-order valence-corrected chi connectivity index (χ4v) is 9.46. The SMILES string of the molecule is [Cl-].[Cl-].[Zr+2][C]1=C(C2c3ccccc3-c3ccccc32)C=CC1=[Si](c1ccccc1)c1ccccc1. The van der Waals surface area contributed by atoms with Gasteiger partial charge in [0, 0.05) is 0 Å². The van der Waals surface area contributed by atoms with Crippen LogP contribution in [0.5, 0.6) is 0 Å². The van der Waals surface area contributed by atoms with Crippen LogP contribution in [0, 0.1) is 0 Å². The number of hydrogen-bond donors (Lipinski definition) is 0. The second kappa shape index (κ2) is 10.7. The van der Waals surface area contributed by atoms with Crippen molar-refractivity contribution in [3.05, 3.63) is 141 Å². The van der Waals surface area contributed by atoms with E-state index in [1.165, 1.54) is 66.2 Å². The Morgan fingerprint density at radius 2 is 0.971 bits per heavy atom. The van der Waals surface area contributed by atoms with Gasteiger partial charge in [-0.2, -0.15) is 0 Å². The maximum absolute atomic E-state index is 2.43. The second-order valence-corrected chi connectivity index (χ2v) is 12.0. The van der Waals surface area contributed by atoms with E-state index < -0.39 is 8.41 Å². The Kier molecular flexibility index (Phi) is 7.85. The van der Waals surface area contributed by atoms with Crippen LogP contribution in [-0.2, 0) is 24.7 Å². The Balaban J connectivity index is 0.00000137. The number of allylic oxidation sites excluding steroid dienone is 4. The summed E-state index contributed by atoms with van der Waals surface area (Å²) in [6, 6.07) is 40.1. The summed E-state index contributed by atoms with van der Waals surface area (Å²) in [7, 11) is -1.05. The molecule has 0 spiro atoms. The molecule has 4 heteroatoms. The molecule has 2 aliphatic rings. The molecule has 0 fully saturated rings. The van der Waals surface area contributed by atoms with Gasteiger partial charge in [0.2, 0.25) is 0 Å². The molecular formula is C30H21Cl2SiZr. The number of hydrogen-bond acceptors (Lipinski definition) is 0. The standard InChI is InChI=1S/C30H21Si.2ClH.Zr/c1-3-11-23(12-4-1)31(24-13-5-2-6-14-24)25-20-19-22(21-25)30-28-17-9-7-15-26(28)27-16-8-10-18-29(27)30;;;/h1-20,30H;2*1H;/q;;;+2/p-2. The first-order valence-corrected chi connectivity index (χ1v) is 13.7. The van der Waals surface area contributed by atoms with E-state index in [0.717, 1.165) is 0 Å². The van der Waals surface area contributed by atoms with Crippen molar-refractivity contribution in [3.63, 3.8) is 0 Å². The molecule has 6 rings (SSSR count). The fraction of sp³-hybridized carbons (Fsp3) is 0.0333. The molecule has 0 heterocycles. The topological polar surface area (TPSA) is 0 Å². The molecule has 0 aliphatic heterocycles. The quantitative estimate of drug-likeness (QED) is 0.284. The predicted molar refractivity (Wildman–Crippen MR) is 133 cm³/mol. The van der Waals surface area contributed by atoms with E-state index >= 15 is 0 Å². The van der Waals surface area contributed by atoms with Crippen molar-refractivity contribution in [1.29, 1.82) is 0 Å². The fourth-order valence-electron chi connectivity index (χ4n) is 5.12. The molecule has 0 nitrogen and oxygen atoms in total. The van der Waals surface area contributed by atoms with Gasteiger partial charge in [-0.15, -0.1) is 0 Å². The molecule has 0 saturated carbocycles. The number of fused-ring (bicyclic) bond motifs is 3. The summed E-state index contributed by atoms with van der Waals surface area (Å²) in [5.41, 5.74) is 7.17. The minimum atomic E-state index is -1.05. The number of benzene rings is 4. The number of rotatable bonds is 3. The Hall–Kier alpha value is -2.09. The van der Waals surface area contributed by atoms with E-state index in [1.807, 2.05) is 0 Å². The molecule has 0 unspecified atom stereocenters. The molecule has 0 atom stereocenters. The van der Waals surface area contributed by atoms with Crippen LogP contribution >= 0.6 is 0 Å². The van der Waals surface area contributed by atoms with E-state index in [-0.39, 0.29) is 24.8 Å². The zero-order valence-corrected chi connectivity index (χ0v) is 23.4. The monoisotopic (exact) mass is 569 g/mol. The summed E-state index contributed by atoms with van der Waals surface area (Å²) in [5, 5.41) is 4.45. The molecule has 0 bridgehead atoms. The van der Waals surface area contributed by atoms with Gasteiger partial charge in [0.25, 0.3) is 0 Å². The molecule has 34 heavy (non-hydrogen) atoms. The van der Waals surface area contributed by atoms with Gasteiger partial charge in [-0.05, 0) is 0 Å². The van der Waals surface area contributed by atoms with E-state index in [4.69, 9.17) is 0 Å². The van der Waals surface area contributed by atoms with Crippen molar-refractivity contribution in [2.75, 3.05) is 0 Å². The molecular weight excluding hydrogens is 551 g/mol. The normalized spacial score (nSPS) is 13.8. The van der Waals surface area contributed by atoms with Crippen molar-refractivity contribution in [2.24, 2.45) is 0 Å². The molecule has 0 radical (unpaired) electrons. The van der Waals surface area contributed by atoms with Crippen LogP contribution in [0.2, 0.25) is 0 Å². The summed E-state index contributed by atoms with van der Waals surface area (Å²) >= 11 is 1.50. The van der Waals surface area contributed by atoms with Crippen LogP contribution in [0.3, 0.4) is 0 Å². The Labute approximate surface area is 230 Å². The molecule has 0 N–H and O–H groups in total. The summed E-state index contributed by atoms with van der Waals surface area (Å²) in [6.07, 6.45) is 4.84. The van der Waals surface area contributed by atoms with E-state index in [2.05, 4.69) is 121 Å². The van der Waals surface area contributed by atoms with Gasteiger partial charge >= 0.3 is 207 Å². The molecule has 0 aromatic heterocycles. The van der Waals surface area contributed by atoms with Crippen LogP contribution in [0.1, 0.15) is 17.0 Å². The van der Waals surface area contributed by atoms with Crippen LogP contribution in [0.15, 0.2) is 130 Å². The maximum atomic E-state index is 2.43. The Morgan fingerprint density at radius 3 is 1.47 bits per heavy atom. The zero-order valence-electron chi connectivity index (χ0n) is 18.4. The van der Waals surface area contributed by atoms with Gasteiger partial charge in [0.05, 0.1) is 0 Å². The van der Waals surface area contributed by atoms with E-state index in [0.29, 0.717) is 5.92 Å². The Morgan fingerprint density at radius 1 is 0.529 bits per heavy atom. The molecule has 163 valence electrons. The Bertz CT molecular complexity index is 1340. The third-order valence-corrected chi connectivity index (χ3v) is 11.3. The van der Waals surface area contributed by atoms with Crippen LogP contribution in [-0.4, -0.2) is 13.6 Å². The van der Waals surface area contributed by atoms with Crippen molar-refractivity contribution in [3.8, 4) is 11.1 Å². The van der Waals surface area contributed by atoms with Gasteiger partial charge in [-0.25, -0.2) is 0 Å². The van der Waals surface area contributed by atoms with E-state index in [1.54, 1.807) is 5.17 Å². The van der Waals surface area contributed by atoms with Crippen LogP contribution < -0.4 is 35.2 Å². The van der Waals surface area contributed by atoms with Crippen molar-refractivity contribution >= 4 is 24.0 Å². The summed E-state index contributed by atoms with van der Waals surface area (Å²) in [5.74, 6) is 0.334. The molecule has 0 saturated heterocycles. The first kappa shape index (κ1) is 25.0. The summed E-state index contributed by atoms with van der Waals surface area (Å²) in [4.78, 5) is 0. The van der Waals surface area contributed by atoms with Gasteiger partial charge in [-0.1, -0.05) is 0 Å². The first-order valence-electron chi connectivity index (χ1n) is 11.0. The first-order chi connectivity index (χ1) is 15.8.